The van der Waals surface area contributed by atoms with Gasteiger partial charge in [0.1, 0.15) is 10.7 Å². The van der Waals surface area contributed by atoms with Gasteiger partial charge < -0.3 is 15.5 Å². The highest BCUT2D eigenvalue weighted by atomic mass is 32.1. The van der Waals surface area contributed by atoms with Gasteiger partial charge in [0.05, 0.1) is 7.11 Å². The molecule has 0 unspecified atom stereocenters. The van der Waals surface area contributed by atoms with Gasteiger partial charge in [0.15, 0.2) is 0 Å². The molecular formula is C16H14N2OS. The van der Waals surface area contributed by atoms with E-state index < -0.39 is 0 Å². The predicted octanol–water partition coefficient (Wildman–Crippen LogP) is 3.48. The van der Waals surface area contributed by atoms with E-state index in [0.717, 1.165) is 33.3 Å². The number of nitrogens with two attached hydrogens (primary N) is 1. The summed E-state index contributed by atoms with van der Waals surface area (Å²) < 4.78 is 5.34. The maximum Gasteiger partial charge on any atom is 0.120 e. The summed E-state index contributed by atoms with van der Waals surface area (Å²) in [4.78, 5) is 3.58. The second-order valence-corrected chi connectivity index (χ2v) is 5.00. The van der Waals surface area contributed by atoms with Gasteiger partial charge in [0.2, 0.25) is 0 Å². The lowest BCUT2D eigenvalue weighted by atomic mass is 9.99. The van der Waals surface area contributed by atoms with Gasteiger partial charge in [-0.3, -0.25) is 0 Å². The van der Waals surface area contributed by atoms with Crippen molar-refractivity contribution < 1.29 is 4.74 Å². The first-order valence-corrected chi connectivity index (χ1v) is 6.65. The van der Waals surface area contributed by atoms with Crippen molar-refractivity contribution in [3.05, 3.63) is 54.2 Å². The molecule has 20 heavy (non-hydrogen) atoms. The molecule has 0 aliphatic carbocycles. The standard InChI is InChI=1S/C16H14N2OS/c1-19-12-8-10(7-11(9-12)16(17)20)13-3-2-4-15-14(13)5-6-18-15/h2-9,18H,1H3,(H2,17,20). The molecule has 0 bridgehead atoms. The average molecular weight is 282 g/mol. The number of rotatable bonds is 3. The lowest BCUT2D eigenvalue weighted by Gasteiger charge is -2.09. The van der Waals surface area contributed by atoms with Crippen LogP contribution < -0.4 is 10.5 Å². The zero-order chi connectivity index (χ0) is 14.1. The lowest BCUT2D eigenvalue weighted by molar-refractivity contribution is 0.415. The Bertz CT molecular complexity index is 792. The van der Waals surface area contributed by atoms with E-state index in [1.165, 1.54) is 0 Å². The van der Waals surface area contributed by atoms with Crippen molar-refractivity contribution in [2.75, 3.05) is 7.11 Å². The van der Waals surface area contributed by atoms with Crippen molar-refractivity contribution >= 4 is 28.1 Å². The second-order valence-electron chi connectivity index (χ2n) is 4.56. The molecular weight excluding hydrogens is 268 g/mol. The summed E-state index contributed by atoms with van der Waals surface area (Å²) in [5.41, 5.74) is 9.82. The quantitative estimate of drug-likeness (QED) is 0.723. The van der Waals surface area contributed by atoms with Gasteiger partial charge in [0.25, 0.3) is 0 Å². The smallest absolute Gasteiger partial charge is 0.120 e. The Hall–Kier alpha value is -2.33. The number of aromatic amines is 1. The van der Waals surface area contributed by atoms with Crippen LogP contribution in [0.3, 0.4) is 0 Å². The molecule has 0 radical (unpaired) electrons. The van der Waals surface area contributed by atoms with Crippen LogP contribution >= 0.6 is 12.2 Å². The largest absolute Gasteiger partial charge is 0.497 e. The van der Waals surface area contributed by atoms with Crippen LogP contribution in [-0.2, 0) is 0 Å². The first-order chi connectivity index (χ1) is 9.69. The number of hydrogen-bond acceptors (Lipinski definition) is 2. The molecule has 0 saturated heterocycles. The monoisotopic (exact) mass is 282 g/mol. The molecule has 3 N–H and O–H groups in total. The number of nitrogens with one attached hydrogen (secondary N) is 1. The minimum Gasteiger partial charge on any atom is -0.497 e. The molecule has 1 aromatic heterocycles. The second kappa shape index (κ2) is 4.98. The van der Waals surface area contributed by atoms with Gasteiger partial charge in [-0.25, -0.2) is 0 Å². The number of aromatic nitrogens is 1. The fourth-order valence-corrected chi connectivity index (χ4v) is 2.47. The first-order valence-electron chi connectivity index (χ1n) is 6.24. The summed E-state index contributed by atoms with van der Waals surface area (Å²) in [6.07, 6.45) is 1.93. The highest BCUT2D eigenvalue weighted by Crippen LogP contribution is 2.31. The summed E-state index contributed by atoms with van der Waals surface area (Å²) >= 11 is 5.07. The molecule has 0 spiro atoms. The van der Waals surface area contributed by atoms with Gasteiger partial charge in [-0.15, -0.1) is 0 Å². The van der Waals surface area contributed by atoms with Gasteiger partial charge in [-0.1, -0.05) is 24.4 Å². The minimum absolute atomic E-state index is 0.367. The highest BCUT2D eigenvalue weighted by Gasteiger charge is 2.08. The lowest BCUT2D eigenvalue weighted by Crippen LogP contribution is -2.09. The maximum absolute atomic E-state index is 5.75. The van der Waals surface area contributed by atoms with E-state index >= 15 is 0 Å². The molecule has 0 atom stereocenters. The molecule has 3 nitrogen and oxygen atoms in total. The predicted molar refractivity (Wildman–Crippen MR) is 86.2 cm³/mol. The molecule has 0 fully saturated rings. The van der Waals surface area contributed by atoms with Gasteiger partial charge in [-0.2, -0.15) is 0 Å². The van der Waals surface area contributed by atoms with Crippen molar-refractivity contribution in [2.45, 2.75) is 0 Å². The van der Waals surface area contributed by atoms with Crippen LogP contribution in [0.25, 0.3) is 22.0 Å². The van der Waals surface area contributed by atoms with Crippen LogP contribution in [0.2, 0.25) is 0 Å². The number of methoxy groups -OCH3 is 1. The maximum atomic E-state index is 5.75. The number of thiocarbonyl (C=S) groups is 1. The first kappa shape index (κ1) is 12.7. The summed E-state index contributed by atoms with van der Waals surface area (Å²) in [6.45, 7) is 0. The Labute approximate surface area is 122 Å². The van der Waals surface area contributed by atoms with Gasteiger partial charge in [-0.05, 0) is 41.5 Å². The van der Waals surface area contributed by atoms with E-state index in [1.807, 2.05) is 36.5 Å². The molecule has 100 valence electrons. The van der Waals surface area contributed by atoms with E-state index in [4.69, 9.17) is 22.7 Å². The van der Waals surface area contributed by atoms with E-state index in [2.05, 4.69) is 17.1 Å². The normalized spacial score (nSPS) is 10.7. The van der Waals surface area contributed by atoms with E-state index in [-0.39, 0.29) is 0 Å². The number of hydrogen-bond donors (Lipinski definition) is 2. The van der Waals surface area contributed by atoms with Crippen LogP contribution in [0.15, 0.2) is 48.7 Å². The Kier molecular flexibility index (Phi) is 3.16. The highest BCUT2D eigenvalue weighted by molar-refractivity contribution is 7.80. The number of benzene rings is 2. The SMILES string of the molecule is COc1cc(C(N)=S)cc(-c2cccc3[nH]ccc23)c1. The van der Waals surface area contributed by atoms with Crippen LogP contribution in [0.5, 0.6) is 5.75 Å². The fourth-order valence-electron chi connectivity index (χ4n) is 2.35. The zero-order valence-corrected chi connectivity index (χ0v) is 11.8. The average Bonchev–Trinajstić information content (AvgIpc) is 2.94. The molecule has 4 heteroatoms. The van der Waals surface area contributed by atoms with Gasteiger partial charge >= 0.3 is 0 Å². The number of ether oxygens (including phenoxy) is 1. The third kappa shape index (κ3) is 2.14. The summed E-state index contributed by atoms with van der Waals surface area (Å²) in [7, 11) is 1.64. The topological polar surface area (TPSA) is 51.0 Å². The van der Waals surface area contributed by atoms with Crippen molar-refractivity contribution in [3.63, 3.8) is 0 Å². The molecule has 3 rings (SSSR count). The molecule has 0 aliphatic rings. The van der Waals surface area contributed by atoms with Crippen molar-refractivity contribution in [1.82, 2.24) is 4.98 Å². The number of fused-ring (bicyclic) bond motifs is 1. The molecule has 0 saturated carbocycles. The van der Waals surface area contributed by atoms with E-state index in [1.54, 1.807) is 7.11 Å². The third-order valence-corrected chi connectivity index (χ3v) is 3.57. The van der Waals surface area contributed by atoms with Crippen LogP contribution in [0.4, 0.5) is 0 Å². The Morgan fingerprint density at radius 3 is 2.80 bits per heavy atom. The Morgan fingerprint density at radius 2 is 2.05 bits per heavy atom. The van der Waals surface area contributed by atoms with Crippen molar-refractivity contribution in [3.8, 4) is 16.9 Å². The molecule has 0 amide bonds. The molecule has 3 aromatic rings. The third-order valence-electron chi connectivity index (χ3n) is 3.33. The van der Waals surface area contributed by atoms with Crippen molar-refractivity contribution in [1.29, 1.82) is 0 Å². The summed E-state index contributed by atoms with van der Waals surface area (Å²) in [5.74, 6) is 0.748. The minimum atomic E-state index is 0.367. The number of H-pyrrole nitrogens is 1. The van der Waals surface area contributed by atoms with E-state index in [9.17, 15) is 0 Å². The van der Waals surface area contributed by atoms with E-state index in [0.29, 0.717) is 4.99 Å². The molecule has 2 aromatic carbocycles. The van der Waals surface area contributed by atoms with Crippen LogP contribution in [-0.4, -0.2) is 17.1 Å². The summed E-state index contributed by atoms with van der Waals surface area (Å²) in [6, 6.07) is 14.0. The van der Waals surface area contributed by atoms with Crippen LogP contribution in [0.1, 0.15) is 5.56 Å². The van der Waals surface area contributed by atoms with Crippen LogP contribution in [0, 0.1) is 0 Å². The Balaban J connectivity index is 2.25. The molecule has 1 heterocycles. The van der Waals surface area contributed by atoms with Gasteiger partial charge in [0, 0.05) is 22.7 Å². The zero-order valence-electron chi connectivity index (χ0n) is 11.0. The molecule has 0 aliphatic heterocycles. The fraction of sp³-hybridized carbons (Fsp3) is 0.0625. The Morgan fingerprint density at radius 1 is 1.20 bits per heavy atom. The van der Waals surface area contributed by atoms with Crippen molar-refractivity contribution in [2.24, 2.45) is 5.73 Å². The summed E-state index contributed by atoms with van der Waals surface area (Å²) in [5, 5.41) is 1.16.